The standard InChI is InChI=1S/C18H18N4O2/c1-12(2)9-21-17(23)14-7-15(11-20-10-14)18(24)22-16-5-3-4-13(6-16)8-19/h3-7,10-12H,9H2,1-2H3,(H,21,23)(H,22,24). The molecule has 122 valence electrons. The predicted molar refractivity (Wildman–Crippen MR) is 90.5 cm³/mol. The van der Waals surface area contributed by atoms with Crippen molar-refractivity contribution in [1.82, 2.24) is 10.3 Å². The zero-order valence-corrected chi connectivity index (χ0v) is 13.5. The summed E-state index contributed by atoms with van der Waals surface area (Å²) in [6.07, 6.45) is 2.81. The number of benzene rings is 1. The van der Waals surface area contributed by atoms with Crippen molar-refractivity contribution in [3.05, 3.63) is 59.4 Å². The number of anilines is 1. The molecule has 0 aliphatic rings. The third-order valence-corrected chi connectivity index (χ3v) is 3.18. The minimum Gasteiger partial charge on any atom is -0.352 e. The highest BCUT2D eigenvalue weighted by atomic mass is 16.2. The van der Waals surface area contributed by atoms with E-state index in [9.17, 15) is 9.59 Å². The first-order chi connectivity index (χ1) is 11.5. The number of carbonyl (C=O) groups is 2. The number of carbonyl (C=O) groups excluding carboxylic acids is 2. The Kier molecular flexibility index (Phi) is 5.63. The summed E-state index contributed by atoms with van der Waals surface area (Å²) in [4.78, 5) is 28.3. The zero-order chi connectivity index (χ0) is 17.5. The largest absolute Gasteiger partial charge is 0.352 e. The second-order valence-electron chi connectivity index (χ2n) is 5.71. The molecule has 2 N–H and O–H groups in total. The molecule has 2 aromatic rings. The fourth-order valence-corrected chi connectivity index (χ4v) is 1.96. The SMILES string of the molecule is CC(C)CNC(=O)c1cncc(C(=O)Nc2cccc(C#N)c2)c1. The number of pyridine rings is 1. The van der Waals surface area contributed by atoms with Crippen LogP contribution in [0.4, 0.5) is 5.69 Å². The van der Waals surface area contributed by atoms with E-state index in [1.165, 1.54) is 18.5 Å². The fourth-order valence-electron chi connectivity index (χ4n) is 1.96. The number of rotatable bonds is 5. The Bertz CT molecular complexity index is 794. The van der Waals surface area contributed by atoms with Crippen LogP contribution in [0.5, 0.6) is 0 Å². The third kappa shape index (κ3) is 4.65. The lowest BCUT2D eigenvalue weighted by Crippen LogP contribution is -2.27. The van der Waals surface area contributed by atoms with Crippen LogP contribution in [-0.4, -0.2) is 23.3 Å². The summed E-state index contributed by atoms with van der Waals surface area (Å²) in [5, 5.41) is 14.4. The van der Waals surface area contributed by atoms with Gasteiger partial charge in [-0.15, -0.1) is 0 Å². The summed E-state index contributed by atoms with van der Waals surface area (Å²) in [6, 6.07) is 10.1. The van der Waals surface area contributed by atoms with E-state index in [0.717, 1.165) is 0 Å². The first kappa shape index (κ1) is 17.2. The molecule has 0 saturated heterocycles. The Labute approximate surface area is 140 Å². The van der Waals surface area contributed by atoms with E-state index in [1.54, 1.807) is 24.3 Å². The quantitative estimate of drug-likeness (QED) is 0.884. The molecule has 2 amide bonds. The van der Waals surface area contributed by atoms with Crippen LogP contribution in [-0.2, 0) is 0 Å². The molecule has 1 heterocycles. The van der Waals surface area contributed by atoms with Crippen molar-refractivity contribution in [2.24, 2.45) is 5.92 Å². The molecule has 6 nitrogen and oxygen atoms in total. The molecule has 6 heteroatoms. The van der Waals surface area contributed by atoms with Crippen molar-refractivity contribution in [3.63, 3.8) is 0 Å². The van der Waals surface area contributed by atoms with Crippen molar-refractivity contribution >= 4 is 17.5 Å². The van der Waals surface area contributed by atoms with Gasteiger partial charge in [0, 0.05) is 24.6 Å². The number of amides is 2. The average Bonchev–Trinajstić information content (AvgIpc) is 2.59. The van der Waals surface area contributed by atoms with E-state index in [1.807, 2.05) is 19.9 Å². The smallest absolute Gasteiger partial charge is 0.257 e. The Morgan fingerprint density at radius 3 is 2.54 bits per heavy atom. The second kappa shape index (κ2) is 7.88. The Hall–Kier alpha value is -3.20. The highest BCUT2D eigenvalue weighted by molar-refractivity contribution is 6.05. The molecule has 0 radical (unpaired) electrons. The molecule has 0 unspecified atom stereocenters. The van der Waals surface area contributed by atoms with Crippen LogP contribution in [0.1, 0.15) is 40.1 Å². The molecule has 24 heavy (non-hydrogen) atoms. The second-order valence-corrected chi connectivity index (χ2v) is 5.71. The normalized spacial score (nSPS) is 10.1. The van der Waals surface area contributed by atoms with Crippen LogP contribution in [0.2, 0.25) is 0 Å². The monoisotopic (exact) mass is 322 g/mol. The average molecular weight is 322 g/mol. The maximum absolute atomic E-state index is 12.3. The van der Waals surface area contributed by atoms with Crippen molar-refractivity contribution in [3.8, 4) is 6.07 Å². The molecule has 1 aromatic carbocycles. The van der Waals surface area contributed by atoms with Crippen LogP contribution in [0, 0.1) is 17.2 Å². The molecule has 0 bridgehead atoms. The van der Waals surface area contributed by atoms with E-state index in [0.29, 0.717) is 29.3 Å². The molecule has 0 aliphatic heterocycles. The number of nitrogens with one attached hydrogen (secondary N) is 2. The summed E-state index contributed by atoms with van der Waals surface area (Å²) in [7, 11) is 0. The highest BCUT2D eigenvalue weighted by Gasteiger charge is 2.12. The van der Waals surface area contributed by atoms with Crippen molar-refractivity contribution in [2.45, 2.75) is 13.8 Å². The lowest BCUT2D eigenvalue weighted by molar-refractivity contribution is 0.0948. The van der Waals surface area contributed by atoms with Gasteiger partial charge in [0.1, 0.15) is 0 Å². The summed E-state index contributed by atoms with van der Waals surface area (Å²) in [5.41, 5.74) is 1.56. The van der Waals surface area contributed by atoms with Gasteiger partial charge in [0.15, 0.2) is 0 Å². The molecule has 0 spiro atoms. The minimum atomic E-state index is -0.393. The Morgan fingerprint density at radius 1 is 1.17 bits per heavy atom. The van der Waals surface area contributed by atoms with Crippen molar-refractivity contribution in [2.75, 3.05) is 11.9 Å². The lowest BCUT2D eigenvalue weighted by atomic mass is 10.1. The highest BCUT2D eigenvalue weighted by Crippen LogP contribution is 2.12. The summed E-state index contributed by atoms with van der Waals surface area (Å²) >= 11 is 0. The van der Waals surface area contributed by atoms with Gasteiger partial charge in [-0.2, -0.15) is 5.26 Å². The molecule has 2 rings (SSSR count). The molecule has 0 aliphatic carbocycles. The zero-order valence-electron chi connectivity index (χ0n) is 13.5. The molecule has 1 aromatic heterocycles. The van der Waals surface area contributed by atoms with Crippen LogP contribution in [0.15, 0.2) is 42.7 Å². The van der Waals surface area contributed by atoms with Crippen LogP contribution in [0.25, 0.3) is 0 Å². The predicted octanol–water partition coefficient (Wildman–Crippen LogP) is 2.59. The first-order valence-electron chi connectivity index (χ1n) is 7.54. The van der Waals surface area contributed by atoms with Gasteiger partial charge in [0.05, 0.1) is 22.8 Å². The number of nitriles is 1. The maximum Gasteiger partial charge on any atom is 0.257 e. The van der Waals surface area contributed by atoms with Gasteiger partial charge in [0.2, 0.25) is 0 Å². The molecular formula is C18H18N4O2. The third-order valence-electron chi connectivity index (χ3n) is 3.18. The van der Waals surface area contributed by atoms with Gasteiger partial charge in [-0.3, -0.25) is 14.6 Å². The van der Waals surface area contributed by atoms with Crippen molar-refractivity contribution < 1.29 is 9.59 Å². The van der Waals surface area contributed by atoms with E-state index in [-0.39, 0.29) is 11.5 Å². The topological polar surface area (TPSA) is 94.9 Å². The molecule has 0 fully saturated rings. The molecular weight excluding hydrogens is 304 g/mol. The van der Waals surface area contributed by atoms with Crippen LogP contribution in [0.3, 0.4) is 0 Å². The van der Waals surface area contributed by atoms with Crippen LogP contribution < -0.4 is 10.6 Å². The summed E-state index contributed by atoms with van der Waals surface area (Å²) in [6.45, 7) is 4.55. The van der Waals surface area contributed by atoms with Gasteiger partial charge in [-0.25, -0.2) is 0 Å². The van der Waals surface area contributed by atoms with Crippen LogP contribution >= 0.6 is 0 Å². The van der Waals surface area contributed by atoms with E-state index < -0.39 is 5.91 Å². The van der Waals surface area contributed by atoms with E-state index in [2.05, 4.69) is 15.6 Å². The first-order valence-corrected chi connectivity index (χ1v) is 7.54. The Morgan fingerprint density at radius 2 is 1.88 bits per heavy atom. The Balaban J connectivity index is 2.11. The fraction of sp³-hybridized carbons (Fsp3) is 0.222. The van der Waals surface area contributed by atoms with Gasteiger partial charge in [-0.05, 0) is 30.2 Å². The summed E-state index contributed by atoms with van der Waals surface area (Å²) < 4.78 is 0. The maximum atomic E-state index is 12.3. The number of aromatic nitrogens is 1. The van der Waals surface area contributed by atoms with E-state index >= 15 is 0 Å². The molecule has 0 atom stereocenters. The lowest BCUT2D eigenvalue weighted by Gasteiger charge is -2.09. The van der Waals surface area contributed by atoms with E-state index in [4.69, 9.17) is 5.26 Å². The number of hydrogen-bond donors (Lipinski definition) is 2. The van der Waals surface area contributed by atoms with Crippen molar-refractivity contribution in [1.29, 1.82) is 5.26 Å². The minimum absolute atomic E-state index is 0.266. The number of hydrogen-bond acceptors (Lipinski definition) is 4. The van der Waals surface area contributed by atoms with Gasteiger partial charge >= 0.3 is 0 Å². The summed E-state index contributed by atoms with van der Waals surface area (Å²) in [5.74, 6) is -0.325. The van der Waals surface area contributed by atoms with Gasteiger partial charge < -0.3 is 10.6 Å². The molecule has 0 saturated carbocycles. The van der Waals surface area contributed by atoms with Gasteiger partial charge in [-0.1, -0.05) is 19.9 Å². The van der Waals surface area contributed by atoms with Gasteiger partial charge in [0.25, 0.3) is 11.8 Å². The number of nitrogens with zero attached hydrogens (tertiary/aromatic N) is 2.